The molecule has 2 heterocycles. The predicted octanol–water partition coefficient (Wildman–Crippen LogP) is 2.84. The maximum absolute atomic E-state index is 11.7. The van der Waals surface area contributed by atoms with Gasteiger partial charge < -0.3 is 19.7 Å². The molecule has 0 amide bonds. The fraction of sp³-hybridized carbons (Fsp3) is 0.941. The third-order valence-corrected chi connectivity index (χ3v) is 5.00. The molecule has 5 atom stereocenters. The average Bonchev–Trinajstić information content (AvgIpc) is 2.49. The Kier molecular flexibility index (Phi) is 7.80. The van der Waals surface area contributed by atoms with Gasteiger partial charge in [-0.05, 0) is 30.6 Å². The van der Waals surface area contributed by atoms with Crippen molar-refractivity contribution in [1.29, 1.82) is 0 Å². The quantitative estimate of drug-likeness (QED) is 0.728. The fourth-order valence-electron chi connectivity index (χ4n) is 4.20. The molecule has 3 rings (SSSR count). The number of hydrogen-bond donors (Lipinski definition) is 2. The van der Waals surface area contributed by atoms with E-state index < -0.39 is 12.6 Å². The van der Waals surface area contributed by atoms with Crippen LogP contribution in [-0.2, 0) is 14.3 Å². The molecule has 3 aliphatic rings. The largest absolute Gasteiger partial charge is 0.435 e. The van der Waals surface area contributed by atoms with Gasteiger partial charge in [-0.3, -0.25) is 4.79 Å². The number of aliphatic hydroxyl groups excluding tert-OH is 2. The van der Waals surface area contributed by atoms with Gasteiger partial charge in [0.2, 0.25) is 6.29 Å². The molecule has 1 saturated carbocycles. The second-order valence-electron chi connectivity index (χ2n) is 6.46. The number of carbonyl (C=O) groups is 1. The molecular formula is C17H32O5. The normalized spacial score (nSPS) is 39.3. The number of hydrogen-bond acceptors (Lipinski definition) is 5. The Bertz CT molecular complexity index is 346. The number of ether oxygens (including phenoxy) is 2. The molecule has 5 heteroatoms. The zero-order chi connectivity index (χ0) is 16.8. The molecule has 0 radical (unpaired) electrons. The summed E-state index contributed by atoms with van der Waals surface area (Å²) in [5.74, 6) is 0.579. The highest BCUT2D eigenvalue weighted by molar-refractivity contribution is 5.71. The number of rotatable bonds is 1. The summed E-state index contributed by atoms with van der Waals surface area (Å²) < 4.78 is 10.7. The van der Waals surface area contributed by atoms with Gasteiger partial charge in [-0.25, -0.2) is 0 Å². The van der Waals surface area contributed by atoms with Crippen molar-refractivity contribution in [3.63, 3.8) is 0 Å². The van der Waals surface area contributed by atoms with Gasteiger partial charge >= 0.3 is 5.97 Å². The molecular weight excluding hydrogens is 284 g/mol. The molecule has 0 bridgehead atoms. The first-order valence-corrected chi connectivity index (χ1v) is 8.54. The van der Waals surface area contributed by atoms with E-state index in [9.17, 15) is 9.90 Å². The Hall–Kier alpha value is -0.650. The van der Waals surface area contributed by atoms with E-state index in [1.165, 1.54) is 6.42 Å². The molecule has 0 spiro atoms. The monoisotopic (exact) mass is 316 g/mol. The van der Waals surface area contributed by atoms with Crippen LogP contribution in [0.1, 0.15) is 65.7 Å². The maximum Gasteiger partial charge on any atom is 0.308 e. The van der Waals surface area contributed by atoms with E-state index in [2.05, 4.69) is 20.8 Å². The smallest absolute Gasteiger partial charge is 0.308 e. The van der Waals surface area contributed by atoms with E-state index >= 15 is 0 Å². The lowest BCUT2D eigenvalue weighted by Gasteiger charge is -2.55. The van der Waals surface area contributed by atoms with Gasteiger partial charge in [0, 0.05) is 19.4 Å². The van der Waals surface area contributed by atoms with E-state index in [4.69, 9.17) is 14.6 Å². The number of carbonyl (C=O) groups excluding carboxylic acids is 1. The lowest BCUT2D eigenvalue weighted by atomic mass is 9.56. The summed E-state index contributed by atoms with van der Waals surface area (Å²) in [6, 6.07) is 0. The van der Waals surface area contributed by atoms with Gasteiger partial charge in [0.05, 0.1) is 6.42 Å². The van der Waals surface area contributed by atoms with Gasteiger partial charge in [0.25, 0.3) is 0 Å². The third-order valence-electron chi connectivity index (χ3n) is 5.00. The van der Waals surface area contributed by atoms with Gasteiger partial charge in [0.15, 0.2) is 6.29 Å². The SMILES string of the molecule is CCC.CC[C@]12CCCC3CC(O)OC(OC(=O)C1)C32.CO. The van der Waals surface area contributed by atoms with E-state index in [1.54, 1.807) is 0 Å². The molecule has 1 aliphatic carbocycles. The Morgan fingerprint density at radius 3 is 2.50 bits per heavy atom. The molecule has 5 nitrogen and oxygen atoms in total. The van der Waals surface area contributed by atoms with Crippen LogP contribution in [0, 0.1) is 17.3 Å². The van der Waals surface area contributed by atoms with Crippen LogP contribution in [0.25, 0.3) is 0 Å². The zero-order valence-electron chi connectivity index (χ0n) is 14.4. The number of aliphatic hydroxyl groups is 2. The second-order valence-corrected chi connectivity index (χ2v) is 6.46. The summed E-state index contributed by atoms with van der Waals surface area (Å²) in [4.78, 5) is 11.7. The van der Waals surface area contributed by atoms with Crippen LogP contribution in [0.3, 0.4) is 0 Å². The van der Waals surface area contributed by atoms with E-state index in [0.717, 1.165) is 32.8 Å². The highest BCUT2D eigenvalue weighted by Gasteiger charge is 2.56. The van der Waals surface area contributed by atoms with Crippen molar-refractivity contribution in [2.24, 2.45) is 17.3 Å². The molecule has 0 aromatic rings. The highest BCUT2D eigenvalue weighted by atomic mass is 16.7. The van der Waals surface area contributed by atoms with Gasteiger partial charge in [-0.2, -0.15) is 0 Å². The first-order valence-electron chi connectivity index (χ1n) is 8.54. The third kappa shape index (κ3) is 4.00. The van der Waals surface area contributed by atoms with Crippen LogP contribution >= 0.6 is 0 Å². The van der Waals surface area contributed by atoms with E-state index in [1.807, 2.05) is 0 Å². The Balaban J connectivity index is 0.000000435. The predicted molar refractivity (Wildman–Crippen MR) is 83.9 cm³/mol. The summed E-state index contributed by atoms with van der Waals surface area (Å²) >= 11 is 0. The Labute approximate surface area is 134 Å². The van der Waals surface area contributed by atoms with Crippen molar-refractivity contribution in [2.45, 2.75) is 78.3 Å². The van der Waals surface area contributed by atoms with Crippen LogP contribution in [0.4, 0.5) is 0 Å². The van der Waals surface area contributed by atoms with Crippen LogP contribution < -0.4 is 0 Å². The molecule has 4 unspecified atom stereocenters. The minimum absolute atomic E-state index is 0.0586. The van der Waals surface area contributed by atoms with Crippen LogP contribution in [0.5, 0.6) is 0 Å². The van der Waals surface area contributed by atoms with Crippen molar-refractivity contribution in [3.8, 4) is 0 Å². The molecule has 130 valence electrons. The van der Waals surface area contributed by atoms with Crippen LogP contribution in [0.15, 0.2) is 0 Å². The van der Waals surface area contributed by atoms with Crippen molar-refractivity contribution in [2.75, 3.05) is 7.11 Å². The molecule has 2 aliphatic heterocycles. The summed E-state index contributed by atoms with van der Waals surface area (Å²) in [7, 11) is 1.00. The Morgan fingerprint density at radius 2 is 1.91 bits per heavy atom. The summed E-state index contributed by atoms with van der Waals surface area (Å²) in [6.07, 6.45) is 5.57. The topological polar surface area (TPSA) is 76.0 Å². The Morgan fingerprint density at radius 1 is 1.27 bits per heavy atom. The standard InChI is InChI=1S/C13H20O4.C3H8.CH4O/c1-2-13-5-3-4-8-6-9(14)16-12(11(8)13)17-10(15)7-13;1-3-2;1-2/h8-9,11-12,14H,2-7H2,1H3;3H2,1-2H3;2H,1H3/t8?,9?,11?,12?,13-;;/m0../s1. The molecule has 0 aromatic carbocycles. The van der Waals surface area contributed by atoms with Gasteiger partial charge in [0.1, 0.15) is 0 Å². The van der Waals surface area contributed by atoms with Crippen molar-refractivity contribution < 1.29 is 24.5 Å². The summed E-state index contributed by atoms with van der Waals surface area (Å²) in [5.41, 5.74) is 0.0586. The van der Waals surface area contributed by atoms with Crippen LogP contribution in [0.2, 0.25) is 0 Å². The summed E-state index contributed by atoms with van der Waals surface area (Å²) in [5, 5.41) is 16.7. The van der Waals surface area contributed by atoms with Gasteiger partial charge in [-0.1, -0.05) is 33.6 Å². The zero-order valence-corrected chi connectivity index (χ0v) is 14.4. The summed E-state index contributed by atoms with van der Waals surface area (Å²) in [6.45, 7) is 6.41. The average molecular weight is 316 g/mol. The molecule has 2 saturated heterocycles. The molecule has 0 aromatic heterocycles. The highest BCUT2D eigenvalue weighted by Crippen LogP contribution is 2.56. The number of esters is 1. The lowest BCUT2D eigenvalue weighted by Crippen LogP contribution is -2.57. The molecule has 22 heavy (non-hydrogen) atoms. The van der Waals surface area contributed by atoms with Crippen LogP contribution in [-0.4, -0.2) is 35.9 Å². The lowest BCUT2D eigenvalue weighted by molar-refractivity contribution is -0.315. The minimum Gasteiger partial charge on any atom is -0.435 e. The van der Waals surface area contributed by atoms with Gasteiger partial charge in [-0.15, -0.1) is 0 Å². The minimum atomic E-state index is -0.764. The first kappa shape index (κ1) is 19.4. The second kappa shape index (κ2) is 8.85. The van der Waals surface area contributed by atoms with E-state index in [0.29, 0.717) is 24.7 Å². The van der Waals surface area contributed by atoms with Crippen molar-refractivity contribution >= 4 is 5.97 Å². The first-order chi connectivity index (χ1) is 10.6. The maximum atomic E-state index is 11.7. The fourth-order valence-corrected chi connectivity index (χ4v) is 4.20. The van der Waals surface area contributed by atoms with Crippen molar-refractivity contribution in [1.82, 2.24) is 0 Å². The van der Waals surface area contributed by atoms with E-state index in [-0.39, 0.29) is 11.4 Å². The molecule has 3 fully saturated rings. The van der Waals surface area contributed by atoms with Crippen molar-refractivity contribution in [3.05, 3.63) is 0 Å². The molecule has 2 N–H and O–H groups in total.